The van der Waals surface area contributed by atoms with Crippen molar-refractivity contribution < 1.29 is 9.53 Å². The molecule has 184 valence electrons. The summed E-state index contributed by atoms with van der Waals surface area (Å²) in [4.78, 5) is 18.2. The molecule has 0 fully saturated rings. The number of nitrogens with one attached hydrogen (secondary N) is 1. The average molecular weight is 480 g/mol. The van der Waals surface area contributed by atoms with Gasteiger partial charge in [0.05, 0.1) is 18.2 Å². The first-order valence-electron chi connectivity index (χ1n) is 12.6. The Morgan fingerprint density at radius 1 is 0.972 bits per heavy atom. The van der Waals surface area contributed by atoms with Crippen molar-refractivity contribution in [2.24, 2.45) is 0 Å². The number of carbonyl (C=O) groups excluding carboxylic acids is 1. The van der Waals surface area contributed by atoms with Crippen LogP contribution in [0.4, 0.5) is 11.4 Å². The lowest BCUT2D eigenvalue weighted by atomic mass is 10.0. The summed E-state index contributed by atoms with van der Waals surface area (Å²) < 4.78 is 5.86. The predicted molar refractivity (Wildman–Crippen MR) is 148 cm³/mol. The number of fused-ring (bicyclic) bond motifs is 2. The number of para-hydroxylation sites is 1. The molecule has 0 spiro atoms. The Balaban J connectivity index is 1.47. The van der Waals surface area contributed by atoms with Gasteiger partial charge >= 0.3 is 0 Å². The topological polar surface area (TPSA) is 44.8 Å². The molecule has 36 heavy (non-hydrogen) atoms. The second kappa shape index (κ2) is 10.3. The van der Waals surface area contributed by atoms with Gasteiger partial charge < -0.3 is 19.9 Å². The van der Waals surface area contributed by atoms with Gasteiger partial charge in [0, 0.05) is 38.6 Å². The molecule has 1 heterocycles. The molecule has 5 heteroatoms. The molecule has 0 saturated heterocycles. The summed E-state index contributed by atoms with van der Waals surface area (Å²) >= 11 is 0. The third-order valence-electron chi connectivity index (χ3n) is 6.97. The first-order valence-corrected chi connectivity index (χ1v) is 12.6. The van der Waals surface area contributed by atoms with Gasteiger partial charge in [0.2, 0.25) is 0 Å². The Kier molecular flexibility index (Phi) is 6.81. The van der Waals surface area contributed by atoms with Crippen molar-refractivity contribution in [1.82, 2.24) is 5.32 Å². The van der Waals surface area contributed by atoms with E-state index in [1.54, 1.807) is 0 Å². The number of rotatable bonds is 8. The molecular formula is C31H33N3O2. The van der Waals surface area contributed by atoms with Crippen LogP contribution in [0.25, 0.3) is 10.8 Å². The average Bonchev–Trinajstić information content (AvgIpc) is 3.33. The molecule has 1 amide bonds. The fourth-order valence-electron chi connectivity index (χ4n) is 5.13. The SMILES string of the molecule is CCOc1ccc2ccccc2c1C(=O)NCC(c1ccc(N(C)C)cc1)N1CCc2ccccc21. The maximum absolute atomic E-state index is 13.7. The monoisotopic (exact) mass is 479 g/mol. The highest BCUT2D eigenvalue weighted by atomic mass is 16.5. The molecule has 0 saturated carbocycles. The van der Waals surface area contributed by atoms with Crippen molar-refractivity contribution in [3.63, 3.8) is 0 Å². The number of benzene rings is 4. The first-order chi connectivity index (χ1) is 17.6. The van der Waals surface area contributed by atoms with Gasteiger partial charge in [0.25, 0.3) is 5.91 Å². The highest BCUT2D eigenvalue weighted by Gasteiger charge is 2.28. The van der Waals surface area contributed by atoms with Crippen molar-refractivity contribution in [1.29, 1.82) is 0 Å². The largest absolute Gasteiger partial charge is 0.493 e. The van der Waals surface area contributed by atoms with Crippen LogP contribution in [0.1, 0.15) is 34.5 Å². The van der Waals surface area contributed by atoms with E-state index in [-0.39, 0.29) is 11.9 Å². The van der Waals surface area contributed by atoms with Crippen molar-refractivity contribution in [3.05, 3.63) is 102 Å². The summed E-state index contributed by atoms with van der Waals surface area (Å²) in [6.07, 6.45) is 1.01. The number of carbonyl (C=O) groups is 1. The van der Waals surface area contributed by atoms with Crippen LogP contribution in [0.15, 0.2) is 84.9 Å². The van der Waals surface area contributed by atoms with Gasteiger partial charge in [-0.15, -0.1) is 0 Å². The predicted octanol–water partition coefficient (Wildman–Crippen LogP) is 5.84. The van der Waals surface area contributed by atoms with Gasteiger partial charge in [0.1, 0.15) is 5.75 Å². The minimum absolute atomic E-state index is 0.0133. The Morgan fingerprint density at radius 2 is 1.72 bits per heavy atom. The van der Waals surface area contributed by atoms with Crippen LogP contribution < -0.4 is 19.9 Å². The molecule has 5 rings (SSSR count). The highest BCUT2D eigenvalue weighted by molar-refractivity contribution is 6.09. The van der Waals surface area contributed by atoms with Gasteiger partial charge in [-0.05, 0) is 59.5 Å². The number of ether oxygens (including phenoxy) is 1. The van der Waals surface area contributed by atoms with E-state index in [2.05, 4.69) is 63.6 Å². The van der Waals surface area contributed by atoms with E-state index >= 15 is 0 Å². The molecule has 0 radical (unpaired) electrons. The van der Waals surface area contributed by atoms with E-state index < -0.39 is 0 Å². The lowest BCUT2D eigenvalue weighted by Gasteiger charge is -2.31. The maximum Gasteiger partial charge on any atom is 0.255 e. The van der Waals surface area contributed by atoms with Crippen LogP contribution >= 0.6 is 0 Å². The van der Waals surface area contributed by atoms with E-state index in [1.807, 2.05) is 57.4 Å². The number of amides is 1. The highest BCUT2D eigenvalue weighted by Crippen LogP contribution is 2.35. The summed E-state index contributed by atoms with van der Waals surface area (Å²) in [5, 5.41) is 5.19. The third kappa shape index (κ3) is 4.61. The zero-order valence-corrected chi connectivity index (χ0v) is 21.2. The summed E-state index contributed by atoms with van der Waals surface area (Å²) in [5.41, 5.74) is 5.53. The zero-order valence-electron chi connectivity index (χ0n) is 21.2. The standard InChI is InChI=1S/C31H33N3O2/c1-4-36-29-18-15-22-9-5-7-11-26(22)30(29)31(35)32-21-28(24-13-16-25(17-14-24)33(2)3)34-20-19-23-10-6-8-12-27(23)34/h5-18,28H,4,19-21H2,1-3H3,(H,32,35). The number of nitrogens with zero attached hydrogens (tertiary/aromatic N) is 2. The Labute approximate surface area is 213 Å². The van der Waals surface area contributed by atoms with Gasteiger partial charge in [-0.25, -0.2) is 0 Å². The Morgan fingerprint density at radius 3 is 2.50 bits per heavy atom. The van der Waals surface area contributed by atoms with E-state index in [0.29, 0.717) is 24.5 Å². The van der Waals surface area contributed by atoms with Gasteiger partial charge in [-0.3, -0.25) is 4.79 Å². The summed E-state index contributed by atoms with van der Waals surface area (Å²) in [6, 6.07) is 29.1. The van der Waals surface area contributed by atoms with E-state index in [9.17, 15) is 4.79 Å². The molecule has 0 aromatic heterocycles. The number of anilines is 2. The van der Waals surface area contributed by atoms with Crippen LogP contribution in [0, 0.1) is 0 Å². The van der Waals surface area contributed by atoms with Crippen LogP contribution in [0.5, 0.6) is 5.75 Å². The zero-order chi connectivity index (χ0) is 25.1. The molecule has 4 aromatic carbocycles. The molecule has 1 aliphatic rings. The lowest BCUT2D eigenvalue weighted by molar-refractivity contribution is 0.0949. The summed E-state index contributed by atoms with van der Waals surface area (Å²) in [7, 11) is 4.09. The van der Waals surface area contributed by atoms with Crippen LogP contribution in [-0.2, 0) is 6.42 Å². The van der Waals surface area contributed by atoms with Gasteiger partial charge in [0.15, 0.2) is 0 Å². The van der Waals surface area contributed by atoms with E-state index in [0.717, 1.165) is 29.4 Å². The van der Waals surface area contributed by atoms with Crippen LogP contribution in [0.2, 0.25) is 0 Å². The van der Waals surface area contributed by atoms with Gasteiger partial charge in [-0.1, -0.05) is 60.7 Å². The number of hydrogen-bond acceptors (Lipinski definition) is 4. The molecule has 1 N–H and O–H groups in total. The molecule has 0 aliphatic carbocycles. The van der Waals surface area contributed by atoms with Crippen molar-refractivity contribution in [3.8, 4) is 5.75 Å². The minimum atomic E-state index is -0.113. The fourth-order valence-corrected chi connectivity index (χ4v) is 5.13. The smallest absolute Gasteiger partial charge is 0.255 e. The normalized spacial score (nSPS) is 13.4. The number of hydrogen-bond donors (Lipinski definition) is 1. The molecule has 1 atom stereocenters. The molecule has 1 aliphatic heterocycles. The summed E-state index contributed by atoms with van der Waals surface area (Å²) in [6.45, 7) is 3.86. The van der Waals surface area contributed by atoms with Crippen molar-refractivity contribution in [2.45, 2.75) is 19.4 Å². The van der Waals surface area contributed by atoms with Gasteiger partial charge in [-0.2, -0.15) is 0 Å². The molecule has 1 unspecified atom stereocenters. The fraction of sp³-hybridized carbons (Fsp3) is 0.258. The molecular weight excluding hydrogens is 446 g/mol. The minimum Gasteiger partial charge on any atom is -0.493 e. The van der Waals surface area contributed by atoms with Crippen molar-refractivity contribution in [2.75, 3.05) is 43.6 Å². The Hall–Kier alpha value is -3.99. The lowest BCUT2D eigenvalue weighted by Crippen LogP contribution is -2.37. The molecule has 0 bridgehead atoms. The quantitative estimate of drug-likeness (QED) is 0.345. The summed E-state index contributed by atoms with van der Waals surface area (Å²) in [5.74, 6) is 0.504. The Bertz CT molecular complexity index is 1360. The second-order valence-corrected chi connectivity index (χ2v) is 9.38. The third-order valence-corrected chi connectivity index (χ3v) is 6.97. The first kappa shape index (κ1) is 23.7. The van der Waals surface area contributed by atoms with Crippen LogP contribution in [-0.4, -0.2) is 39.7 Å². The van der Waals surface area contributed by atoms with Crippen LogP contribution in [0.3, 0.4) is 0 Å². The van der Waals surface area contributed by atoms with Crippen molar-refractivity contribution >= 4 is 28.1 Å². The maximum atomic E-state index is 13.7. The second-order valence-electron chi connectivity index (χ2n) is 9.38. The van der Waals surface area contributed by atoms with E-state index in [1.165, 1.54) is 16.8 Å². The molecule has 4 aromatic rings. The molecule has 5 nitrogen and oxygen atoms in total. The van der Waals surface area contributed by atoms with E-state index in [4.69, 9.17) is 4.74 Å².